The molecule has 0 atom stereocenters. The predicted molar refractivity (Wildman–Crippen MR) is 81.6 cm³/mol. The van der Waals surface area contributed by atoms with Crippen molar-refractivity contribution in [2.45, 2.75) is 11.8 Å². The molecule has 0 saturated carbocycles. The summed E-state index contributed by atoms with van der Waals surface area (Å²) in [6.45, 7) is 1.55. The third kappa shape index (κ3) is 3.34. The molecule has 0 bridgehead atoms. The van der Waals surface area contributed by atoms with Gasteiger partial charge in [0.1, 0.15) is 5.75 Å². The van der Waals surface area contributed by atoms with Crippen molar-refractivity contribution in [2.24, 2.45) is 0 Å². The average Bonchev–Trinajstić information content (AvgIpc) is 2.47. The van der Waals surface area contributed by atoms with Gasteiger partial charge in [0.05, 0.1) is 16.9 Å². The lowest BCUT2D eigenvalue weighted by Gasteiger charge is -2.09. The molecule has 0 amide bonds. The average molecular weight is 322 g/mol. The summed E-state index contributed by atoms with van der Waals surface area (Å²) < 4.78 is 31.9. The number of nitro benzene ring substituents is 1. The first-order valence-electron chi connectivity index (χ1n) is 6.25. The largest absolute Gasteiger partial charge is 0.497 e. The normalized spacial score (nSPS) is 11.0. The monoisotopic (exact) mass is 322 g/mol. The van der Waals surface area contributed by atoms with Crippen LogP contribution in [-0.2, 0) is 10.0 Å². The van der Waals surface area contributed by atoms with Gasteiger partial charge in [-0.15, -0.1) is 0 Å². The van der Waals surface area contributed by atoms with Crippen molar-refractivity contribution in [1.82, 2.24) is 0 Å². The van der Waals surface area contributed by atoms with Crippen LogP contribution >= 0.6 is 0 Å². The second-order valence-electron chi connectivity index (χ2n) is 4.54. The van der Waals surface area contributed by atoms with E-state index in [2.05, 4.69) is 4.72 Å². The highest BCUT2D eigenvalue weighted by molar-refractivity contribution is 7.92. The van der Waals surface area contributed by atoms with E-state index in [-0.39, 0.29) is 10.6 Å². The van der Waals surface area contributed by atoms with Gasteiger partial charge in [-0.1, -0.05) is 6.07 Å². The number of sulfonamides is 1. The Morgan fingerprint density at radius 3 is 2.32 bits per heavy atom. The van der Waals surface area contributed by atoms with Gasteiger partial charge >= 0.3 is 0 Å². The number of aryl methyl sites for hydroxylation is 1. The number of nitrogens with one attached hydrogen (secondary N) is 1. The van der Waals surface area contributed by atoms with Crippen LogP contribution in [0.15, 0.2) is 47.4 Å². The minimum absolute atomic E-state index is 0.166. The lowest BCUT2D eigenvalue weighted by molar-refractivity contribution is -0.385. The summed E-state index contributed by atoms with van der Waals surface area (Å²) in [6.07, 6.45) is 0. The number of nitro groups is 1. The zero-order valence-corrected chi connectivity index (χ0v) is 12.8. The van der Waals surface area contributed by atoms with E-state index in [9.17, 15) is 18.5 Å². The fraction of sp³-hybridized carbons (Fsp3) is 0.143. The fourth-order valence-corrected chi connectivity index (χ4v) is 2.90. The molecule has 0 aliphatic heterocycles. The molecule has 0 heterocycles. The summed E-state index contributed by atoms with van der Waals surface area (Å²) in [5.41, 5.74) is 0.495. The predicted octanol–water partition coefficient (Wildman–Crippen LogP) is 2.71. The van der Waals surface area contributed by atoms with Crippen LogP contribution in [0.2, 0.25) is 0 Å². The molecule has 2 aromatic rings. The van der Waals surface area contributed by atoms with Crippen molar-refractivity contribution in [3.8, 4) is 5.75 Å². The second-order valence-corrected chi connectivity index (χ2v) is 6.22. The van der Waals surface area contributed by atoms with Crippen LogP contribution < -0.4 is 9.46 Å². The van der Waals surface area contributed by atoms with Gasteiger partial charge in [-0.25, -0.2) is 8.42 Å². The number of benzene rings is 2. The maximum absolute atomic E-state index is 12.3. The molecule has 116 valence electrons. The molecule has 0 unspecified atom stereocenters. The van der Waals surface area contributed by atoms with E-state index in [1.807, 2.05) is 0 Å². The quantitative estimate of drug-likeness (QED) is 0.674. The molecule has 1 N–H and O–H groups in total. The maximum Gasteiger partial charge on any atom is 0.273 e. The fourth-order valence-electron chi connectivity index (χ4n) is 1.83. The van der Waals surface area contributed by atoms with Crippen molar-refractivity contribution >= 4 is 21.4 Å². The van der Waals surface area contributed by atoms with Gasteiger partial charge in [0.15, 0.2) is 0 Å². The van der Waals surface area contributed by atoms with Gasteiger partial charge in [0.25, 0.3) is 15.7 Å². The topological polar surface area (TPSA) is 98.5 Å². The molecule has 2 aromatic carbocycles. The lowest BCUT2D eigenvalue weighted by Crippen LogP contribution is -2.13. The van der Waals surface area contributed by atoms with Crippen molar-refractivity contribution in [1.29, 1.82) is 0 Å². The van der Waals surface area contributed by atoms with Gasteiger partial charge in [-0.2, -0.15) is 0 Å². The summed E-state index contributed by atoms with van der Waals surface area (Å²) in [7, 11) is -2.40. The molecule has 8 heteroatoms. The molecular formula is C14H14N2O5S. The molecule has 22 heavy (non-hydrogen) atoms. The molecule has 0 aliphatic rings. The van der Waals surface area contributed by atoms with Gasteiger partial charge in [0.2, 0.25) is 0 Å². The molecule has 0 aliphatic carbocycles. The van der Waals surface area contributed by atoms with Gasteiger partial charge < -0.3 is 4.74 Å². The van der Waals surface area contributed by atoms with E-state index in [1.54, 1.807) is 31.2 Å². The Hall–Kier alpha value is -2.61. The Labute approximate surface area is 127 Å². The molecule has 0 fully saturated rings. The van der Waals surface area contributed by atoms with Gasteiger partial charge in [-0.3, -0.25) is 14.8 Å². The second kappa shape index (κ2) is 6.02. The minimum atomic E-state index is -3.90. The smallest absolute Gasteiger partial charge is 0.273 e. The SMILES string of the molecule is COc1ccc(NS(=O)(=O)c2ccc(C)c([N+](=O)[O-])c2)cc1. The van der Waals surface area contributed by atoms with Crippen LogP contribution in [0.25, 0.3) is 0 Å². The number of hydrogen-bond donors (Lipinski definition) is 1. The summed E-state index contributed by atoms with van der Waals surface area (Å²) in [5.74, 6) is 0.592. The van der Waals surface area contributed by atoms with E-state index in [1.165, 1.54) is 19.2 Å². The molecule has 0 spiro atoms. The van der Waals surface area contributed by atoms with Crippen LogP contribution in [0.5, 0.6) is 5.75 Å². The van der Waals surface area contributed by atoms with E-state index in [0.717, 1.165) is 6.07 Å². The van der Waals surface area contributed by atoms with Crippen LogP contribution in [0.3, 0.4) is 0 Å². The zero-order chi connectivity index (χ0) is 16.3. The van der Waals surface area contributed by atoms with Crippen LogP contribution in [0.1, 0.15) is 5.56 Å². The van der Waals surface area contributed by atoms with Crippen LogP contribution in [-0.4, -0.2) is 20.5 Å². The summed E-state index contributed by atoms with van der Waals surface area (Å²) in [4.78, 5) is 10.1. The van der Waals surface area contributed by atoms with E-state index in [4.69, 9.17) is 4.74 Å². The molecule has 0 aromatic heterocycles. The number of rotatable bonds is 5. The third-order valence-electron chi connectivity index (χ3n) is 3.03. The Kier molecular flexibility index (Phi) is 4.32. The molecule has 2 rings (SSSR count). The zero-order valence-electron chi connectivity index (χ0n) is 11.9. The standard InChI is InChI=1S/C14H14N2O5S/c1-10-3-8-13(9-14(10)16(17)18)22(19,20)15-11-4-6-12(21-2)7-5-11/h3-9,15H,1-2H3. The summed E-state index contributed by atoms with van der Waals surface area (Å²) in [5, 5.41) is 10.9. The highest BCUT2D eigenvalue weighted by Gasteiger charge is 2.19. The van der Waals surface area contributed by atoms with Gasteiger partial charge in [-0.05, 0) is 37.3 Å². The molecule has 0 radical (unpaired) electrons. The number of methoxy groups -OCH3 is 1. The Balaban J connectivity index is 2.33. The van der Waals surface area contributed by atoms with Crippen molar-refractivity contribution < 1.29 is 18.1 Å². The van der Waals surface area contributed by atoms with E-state index in [0.29, 0.717) is 17.0 Å². The Morgan fingerprint density at radius 2 is 1.77 bits per heavy atom. The third-order valence-corrected chi connectivity index (χ3v) is 4.41. The number of nitrogens with zero attached hydrogens (tertiary/aromatic N) is 1. The highest BCUT2D eigenvalue weighted by atomic mass is 32.2. The van der Waals surface area contributed by atoms with E-state index >= 15 is 0 Å². The maximum atomic E-state index is 12.3. The molecule has 7 nitrogen and oxygen atoms in total. The molecular weight excluding hydrogens is 308 g/mol. The van der Waals surface area contributed by atoms with Crippen LogP contribution in [0.4, 0.5) is 11.4 Å². The first-order chi connectivity index (χ1) is 10.3. The Morgan fingerprint density at radius 1 is 1.14 bits per heavy atom. The first kappa shape index (κ1) is 15.8. The number of hydrogen-bond acceptors (Lipinski definition) is 5. The molecule has 0 saturated heterocycles. The van der Waals surface area contributed by atoms with Crippen molar-refractivity contribution in [2.75, 3.05) is 11.8 Å². The number of ether oxygens (including phenoxy) is 1. The van der Waals surface area contributed by atoms with E-state index < -0.39 is 14.9 Å². The Bertz CT molecular complexity index is 800. The number of anilines is 1. The van der Waals surface area contributed by atoms with Crippen molar-refractivity contribution in [3.63, 3.8) is 0 Å². The van der Waals surface area contributed by atoms with Crippen molar-refractivity contribution in [3.05, 3.63) is 58.1 Å². The highest BCUT2D eigenvalue weighted by Crippen LogP contribution is 2.24. The first-order valence-corrected chi connectivity index (χ1v) is 7.74. The minimum Gasteiger partial charge on any atom is -0.497 e. The lowest BCUT2D eigenvalue weighted by atomic mass is 10.2. The summed E-state index contributed by atoms with van der Waals surface area (Å²) >= 11 is 0. The van der Waals surface area contributed by atoms with Crippen LogP contribution in [0, 0.1) is 17.0 Å². The summed E-state index contributed by atoms with van der Waals surface area (Å²) in [6, 6.07) is 10.1. The van der Waals surface area contributed by atoms with Gasteiger partial charge in [0, 0.05) is 17.3 Å².